The van der Waals surface area contributed by atoms with Crippen LogP contribution in [0.25, 0.3) is 22.7 Å². The molecule has 2 heterocycles. The van der Waals surface area contributed by atoms with Crippen molar-refractivity contribution in [2.45, 2.75) is 20.3 Å². The number of pyridine rings is 1. The van der Waals surface area contributed by atoms with Crippen molar-refractivity contribution in [3.63, 3.8) is 0 Å². The van der Waals surface area contributed by atoms with Crippen LogP contribution in [0.15, 0.2) is 34.9 Å². The molecule has 2 aromatic heterocycles. The number of oxazole rings is 1. The van der Waals surface area contributed by atoms with Crippen LogP contribution in [0, 0.1) is 5.92 Å². The van der Waals surface area contributed by atoms with E-state index < -0.39 is 0 Å². The first-order valence-corrected chi connectivity index (χ1v) is 8.25. The molecule has 0 aliphatic heterocycles. The van der Waals surface area contributed by atoms with Crippen molar-refractivity contribution in [3.05, 3.63) is 35.5 Å². The van der Waals surface area contributed by atoms with Crippen molar-refractivity contribution in [3.8, 4) is 17.2 Å². The normalized spacial score (nSPS) is 11.1. The zero-order valence-corrected chi connectivity index (χ0v) is 14.9. The molecule has 3 rings (SSSR count). The highest BCUT2D eigenvalue weighted by atomic mass is 35.5. The number of halogens is 1. The van der Waals surface area contributed by atoms with Crippen molar-refractivity contribution in [1.82, 2.24) is 9.97 Å². The highest BCUT2D eigenvalue weighted by Crippen LogP contribution is 2.38. The molecule has 130 valence electrons. The zero-order valence-electron chi connectivity index (χ0n) is 14.2. The van der Waals surface area contributed by atoms with Gasteiger partial charge in [-0.05, 0) is 30.2 Å². The van der Waals surface area contributed by atoms with Gasteiger partial charge in [0.05, 0.1) is 17.8 Å². The summed E-state index contributed by atoms with van der Waals surface area (Å²) in [7, 11) is 1.50. The van der Waals surface area contributed by atoms with Crippen molar-refractivity contribution in [2.24, 2.45) is 5.92 Å². The second-order valence-corrected chi connectivity index (χ2v) is 6.44. The summed E-state index contributed by atoms with van der Waals surface area (Å²) >= 11 is 6.31. The van der Waals surface area contributed by atoms with Gasteiger partial charge in [-0.25, -0.2) is 4.98 Å². The number of hydrogen-bond acceptors (Lipinski definition) is 5. The van der Waals surface area contributed by atoms with E-state index in [0.29, 0.717) is 45.6 Å². The second-order valence-electron chi connectivity index (χ2n) is 6.03. The maximum absolute atomic E-state index is 12.1. The van der Waals surface area contributed by atoms with Gasteiger partial charge in [-0.2, -0.15) is 4.98 Å². The van der Waals surface area contributed by atoms with Crippen LogP contribution < -0.4 is 10.1 Å². The number of ether oxygens (including phenoxy) is 1. The van der Waals surface area contributed by atoms with Gasteiger partial charge in [0, 0.05) is 18.2 Å². The molecule has 0 aliphatic rings. The Balaban J connectivity index is 2.01. The van der Waals surface area contributed by atoms with Crippen LogP contribution in [0.3, 0.4) is 0 Å². The lowest BCUT2D eigenvalue weighted by Crippen LogP contribution is -2.14. The van der Waals surface area contributed by atoms with Gasteiger partial charge in [-0.15, -0.1) is 0 Å². The number of carbonyl (C=O) groups excluding carboxylic acids is 1. The highest BCUT2D eigenvalue weighted by Gasteiger charge is 2.17. The van der Waals surface area contributed by atoms with Crippen molar-refractivity contribution in [2.75, 3.05) is 12.4 Å². The Hall–Kier alpha value is -2.60. The fourth-order valence-electron chi connectivity index (χ4n) is 2.48. The molecule has 0 bridgehead atoms. The van der Waals surface area contributed by atoms with E-state index in [2.05, 4.69) is 15.3 Å². The van der Waals surface area contributed by atoms with Crippen molar-refractivity contribution < 1.29 is 13.9 Å². The molecule has 25 heavy (non-hydrogen) atoms. The Morgan fingerprint density at radius 1 is 1.40 bits per heavy atom. The van der Waals surface area contributed by atoms with Crippen LogP contribution in [0.5, 0.6) is 5.75 Å². The van der Waals surface area contributed by atoms with Gasteiger partial charge in [0.25, 0.3) is 0 Å². The first-order valence-electron chi connectivity index (χ1n) is 7.87. The highest BCUT2D eigenvalue weighted by molar-refractivity contribution is 6.33. The largest absolute Gasteiger partial charge is 0.493 e. The van der Waals surface area contributed by atoms with E-state index in [1.165, 1.54) is 7.11 Å². The second kappa shape index (κ2) is 7.11. The molecule has 1 aromatic carbocycles. The number of aromatic nitrogens is 2. The molecule has 1 N–H and O–H groups in total. The summed E-state index contributed by atoms with van der Waals surface area (Å²) in [5.41, 5.74) is 2.19. The molecular weight excluding hydrogens is 342 g/mol. The Bertz CT molecular complexity index is 888. The van der Waals surface area contributed by atoms with Crippen molar-refractivity contribution >= 4 is 34.4 Å². The van der Waals surface area contributed by atoms with E-state index in [1.807, 2.05) is 13.8 Å². The number of carbonyl (C=O) groups is 1. The molecule has 0 radical (unpaired) electrons. The first kappa shape index (κ1) is 17.2. The molecule has 0 saturated carbocycles. The third-order valence-corrected chi connectivity index (χ3v) is 3.81. The Morgan fingerprint density at radius 3 is 2.88 bits per heavy atom. The average Bonchev–Trinajstić information content (AvgIpc) is 2.97. The molecule has 7 heteroatoms. The summed E-state index contributed by atoms with van der Waals surface area (Å²) in [6, 6.07) is 6.97. The Labute approximate surface area is 150 Å². The monoisotopic (exact) mass is 359 g/mol. The summed E-state index contributed by atoms with van der Waals surface area (Å²) < 4.78 is 11.0. The van der Waals surface area contributed by atoms with Crippen molar-refractivity contribution in [1.29, 1.82) is 0 Å². The van der Waals surface area contributed by atoms with E-state index in [9.17, 15) is 4.79 Å². The number of nitrogens with zero attached hydrogens (tertiary/aromatic N) is 2. The molecule has 3 aromatic rings. The summed E-state index contributed by atoms with van der Waals surface area (Å²) in [5, 5.41) is 3.20. The van der Waals surface area contributed by atoms with Crippen LogP contribution in [-0.2, 0) is 4.79 Å². The quantitative estimate of drug-likeness (QED) is 0.723. The topological polar surface area (TPSA) is 77.2 Å². The predicted molar refractivity (Wildman–Crippen MR) is 96.9 cm³/mol. The van der Waals surface area contributed by atoms with Gasteiger partial charge in [-0.3, -0.25) is 4.79 Å². The zero-order chi connectivity index (χ0) is 18.0. The molecule has 0 unspecified atom stereocenters. The lowest BCUT2D eigenvalue weighted by atomic mass is 10.1. The molecule has 0 aliphatic carbocycles. The lowest BCUT2D eigenvalue weighted by Gasteiger charge is -2.13. The number of anilines is 1. The number of amides is 1. The number of rotatable bonds is 5. The molecule has 0 spiro atoms. The number of nitrogens with one attached hydrogen (secondary N) is 1. The summed E-state index contributed by atoms with van der Waals surface area (Å²) in [6.45, 7) is 3.96. The lowest BCUT2D eigenvalue weighted by molar-refractivity contribution is -0.116. The molecular formula is C18H18ClN3O3. The molecule has 6 nitrogen and oxygen atoms in total. The fourth-order valence-corrected chi connectivity index (χ4v) is 2.78. The summed E-state index contributed by atoms with van der Waals surface area (Å²) in [5.74, 6) is 0.905. The average molecular weight is 360 g/mol. The minimum Gasteiger partial charge on any atom is -0.493 e. The maximum atomic E-state index is 12.1. The molecule has 0 fully saturated rings. The van der Waals surface area contributed by atoms with Gasteiger partial charge < -0.3 is 14.5 Å². The number of benzene rings is 1. The Morgan fingerprint density at radius 2 is 2.20 bits per heavy atom. The van der Waals surface area contributed by atoms with Gasteiger partial charge in [0.1, 0.15) is 0 Å². The number of methoxy groups -OCH3 is 1. The van der Waals surface area contributed by atoms with Crippen LogP contribution in [-0.4, -0.2) is 23.0 Å². The minimum atomic E-state index is -0.110. The van der Waals surface area contributed by atoms with Gasteiger partial charge in [0.15, 0.2) is 17.0 Å². The summed E-state index contributed by atoms with van der Waals surface area (Å²) in [6.07, 6.45) is 2.05. The van der Waals surface area contributed by atoms with E-state index in [-0.39, 0.29) is 11.8 Å². The Kier molecular flexibility index (Phi) is 4.90. The minimum absolute atomic E-state index is 0.110. The first-order chi connectivity index (χ1) is 12.0. The van der Waals surface area contributed by atoms with E-state index >= 15 is 0 Å². The van der Waals surface area contributed by atoms with Crippen LogP contribution in [0.2, 0.25) is 5.02 Å². The van der Waals surface area contributed by atoms with Gasteiger partial charge >= 0.3 is 0 Å². The number of fused-ring (bicyclic) bond motifs is 1. The smallest absolute Gasteiger partial charge is 0.229 e. The SMILES string of the molecule is COc1c(Cl)cc(-c2nc3ncccc3o2)cc1NC(=O)CC(C)C. The van der Waals surface area contributed by atoms with E-state index in [4.69, 9.17) is 20.8 Å². The molecule has 0 atom stereocenters. The van der Waals surface area contributed by atoms with Crippen LogP contribution in [0.4, 0.5) is 5.69 Å². The van der Waals surface area contributed by atoms with Gasteiger partial charge in [-0.1, -0.05) is 25.4 Å². The van der Waals surface area contributed by atoms with Crippen LogP contribution in [0.1, 0.15) is 20.3 Å². The molecule has 0 saturated heterocycles. The third kappa shape index (κ3) is 3.74. The third-order valence-electron chi connectivity index (χ3n) is 3.53. The summed E-state index contributed by atoms with van der Waals surface area (Å²) in [4.78, 5) is 20.6. The van der Waals surface area contributed by atoms with E-state index in [0.717, 1.165) is 0 Å². The van der Waals surface area contributed by atoms with Crippen LogP contribution >= 0.6 is 11.6 Å². The van der Waals surface area contributed by atoms with E-state index in [1.54, 1.807) is 30.5 Å². The maximum Gasteiger partial charge on any atom is 0.229 e. The predicted octanol–water partition coefficient (Wildman–Crippen LogP) is 4.54. The fraction of sp³-hybridized carbons (Fsp3) is 0.278. The standard InChI is InChI=1S/C18H18ClN3O3/c1-10(2)7-15(23)21-13-9-11(8-12(19)16(13)24-3)18-22-17-14(25-18)5-4-6-20-17/h4-6,8-10H,7H2,1-3H3,(H,21,23). The molecule has 1 amide bonds. The van der Waals surface area contributed by atoms with Gasteiger partial charge in [0.2, 0.25) is 11.8 Å². The number of hydrogen-bond donors (Lipinski definition) is 1.